The molecule has 2 aromatic heterocycles. The first-order chi connectivity index (χ1) is 17.1. The predicted molar refractivity (Wildman–Crippen MR) is 126 cm³/mol. The Kier molecular flexibility index (Phi) is 7.06. The molecule has 0 atom stereocenters. The third kappa shape index (κ3) is 6.08. The molecule has 0 bridgehead atoms. The molecule has 188 valence electrons. The number of carboxylic acid groups (broad SMARTS) is 1. The summed E-state index contributed by atoms with van der Waals surface area (Å²) in [5, 5.41) is 12.4. The molecule has 0 saturated carbocycles. The molecule has 0 radical (unpaired) electrons. The molecule has 0 fully saturated rings. The Morgan fingerprint density at radius 2 is 1.94 bits per heavy atom. The average Bonchev–Trinajstić information content (AvgIpc) is 3.22. The normalized spacial score (nSPS) is 11.4. The Morgan fingerprint density at radius 1 is 1.17 bits per heavy atom. The number of carbonyl (C=O) groups is 1. The van der Waals surface area contributed by atoms with E-state index in [2.05, 4.69) is 20.0 Å². The summed E-state index contributed by atoms with van der Waals surface area (Å²) in [6.07, 6.45) is -2.66. The summed E-state index contributed by atoms with van der Waals surface area (Å²) in [6.45, 7) is 0.652. The lowest BCUT2D eigenvalue weighted by molar-refractivity contribution is -0.274. The molecule has 0 saturated heterocycles. The van der Waals surface area contributed by atoms with Crippen molar-refractivity contribution in [3.05, 3.63) is 66.1 Å². The third-order valence-electron chi connectivity index (χ3n) is 5.01. The number of hydrogen-bond acceptors (Lipinski definition) is 6. The van der Waals surface area contributed by atoms with E-state index in [1.807, 2.05) is 4.57 Å². The van der Waals surface area contributed by atoms with Gasteiger partial charge in [-0.15, -0.1) is 13.2 Å². The predicted octanol–water partition coefficient (Wildman–Crippen LogP) is 6.13. The van der Waals surface area contributed by atoms with Crippen LogP contribution in [0.1, 0.15) is 0 Å². The van der Waals surface area contributed by atoms with Crippen LogP contribution in [0.5, 0.6) is 17.2 Å². The number of fused-ring (bicyclic) bond motifs is 1. The van der Waals surface area contributed by atoms with Crippen LogP contribution in [0.3, 0.4) is 0 Å². The van der Waals surface area contributed by atoms with Crippen molar-refractivity contribution in [3.63, 3.8) is 0 Å². The van der Waals surface area contributed by atoms with E-state index < -0.39 is 18.2 Å². The van der Waals surface area contributed by atoms with Gasteiger partial charge in [0, 0.05) is 38.1 Å². The lowest BCUT2D eigenvalue weighted by Crippen LogP contribution is -2.28. The zero-order valence-electron chi connectivity index (χ0n) is 18.7. The Labute approximate surface area is 207 Å². The molecule has 9 nitrogen and oxygen atoms in total. The molecule has 13 heteroatoms. The summed E-state index contributed by atoms with van der Waals surface area (Å²) in [4.78, 5) is 20.8. The van der Waals surface area contributed by atoms with Gasteiger partial charge in [-0.05, 0) is 36.4 Å². The number of rotatable bonds is 8. The van der Waals surface area contributed by atoms with Crippen molar-refractivity contribution in [2.24, 2.45) is 0 Å². The molecule has 2 N–H and O–H groups in total. The van der Waals surface area contributed by atoms with Crippen LogP contribution in [-0.4, -0.2) is 50.6 Å². The van der Waals surface area contributed by atoms with E-state index >= 15 is 0 Å². The minimum Gasteiger partial charge on any atom is -0.465 e. The molecule has 0 aliphatic rings. The first-order valence-electron chi connectivity index (χ1n) is 10.4. The standard InChI is InChI=1S/C23H19ClF3N5O4/c1-31(22(33)34)9-10-32-8-7-18-20(32)21(29-13-28-18)30-14-5-6-19(17(24)11-14)35-15-3-2-4-16(12-15)36-23(25,26)27/h2-8,11-13H,9-10H2,1H3,(H,33,34)(H,28,29,30). The van der Waals surface area contributed by atoms with Gasteiger partial charge in [0.2, 0.25) is 0 Å². The van der Waals surface area contributed by atoms with E-state index in [4.69, 9.17) is 21.4 Å². The first kappa shape index (κ1) is 24.9. The average molecular weight is 522 g/mol. The maximum absolute atomic E-state index is 12.5. The highest BCUT2D eigenvalue weighted by Crippen LogP contribution is 2.35. The van der Waals surface area contributed by atoms with Crippen molar-refractivity contribution in [3.8, 4) is 17.2 Å². The molecule has 4 aromatic rings. The molecule has 0 aliphatic heterocycles. The smallest absolute Gasteiger partial charge is 0.465 e. The number of halogens is 4. The molecule has 0 unspecified atom stereocenters. The topological polar surface area (TPSA) is 102 Å². The van der Waals surface area contributed by atoms with Crippen LogP contribution in [0.15, 0.2) is 61.1 Å². The minimum atomic E-state index is -4.82. The highest BCUT2D eigenvalue weighted by molar-refractivity contribution is 6.32. The molecule has 2 aromatic carbocycles. The van der Waals surface area contributed by atoms with Gasteiger partial charge >= 0.3 is 12.5 Å². The van der Waals surface area contributed by atoms with Gasteiger partial charge in [0.25, 0.3) is 0 Å². The number of amides is 1. The molecule has 1 amide bonds. The summed E-state index contributed by atoms with van der Waals surface area (Å²) in [5.41, 5.74) is 1.91. The van der Waals surface area contributed by atoms with Gasteiger partial charge in [0.15, 0.2) is 5.82 Å². The number of benzene rings is 2. The van der Waals surface area contributed by atoms with Crippen LogP contribution < -0.4 is 14.8 Å². The van der Waals surface area contributed by atoms with Gasteiger partial charge in [-0.2, -0.15) is 0 Å². The van der Waals surface area contributed by atoms with Crippen LogP contribution in [0, 0.1) is 0 Å². The van der Waals surface area contributed by atoms with Gasteiger partial charge in [-0.1, -0.05) is 17.7 Å². The molecule has 0 spiro atoms. The molecular weight excluding hydrogens is 503 g/mol. The Balaban J connectivity index is 1.52. The summed E-state index contributed by atoms with van der Waals surface area (Å²) in [7, 11) is 1.48. The van der Waals surface area contributed by atoms with E-state index in [0.717, 1.165) is 12.1 Å². The molecule has 36 heavy (non-hydrogen) atoms. The number of aromatic nitrogens is 3. The van der Waals surface area contributed by atoms with Crippen LogP contribution in [0.4, 0.5) is 29.5 Å². The van der Waals surface area contributed by atoms with Crippen LogP contribution in [-0.2, 0) is 6.54 Å². The van der Waals surface area contributed by atoms with Crippen LogP contribution >= 0.6 is 11.6 Å². The van der Waals surface area contributed by atoms with Crippen molar-refractivity contribution in [1.82, 2.24) is 19.4 Å². The zero-order valence-corrected chi connectivity index (χ0v) is 19.4. The van der Waals surface area contributed by atoms with Crippen molar-refractivity contribution in [1.29, 1.82) is 0 Å². The number of nitrogens with zero attached hydrogens (tertiary/aromatic N) is 4. The third-order valence-corrected chi connectivity index (χ3v) is 5.31. The highest BCUT2D eigenvalue weighted by Gasteiger charge is 2.31. The lowest BCUT2D eigenvalue weighted by Gasteiger charge is -2.15. The second kappa shape index (κ2) is 10.2. The van der Waals surface area contributed by atoms with Crippen molar-refractivity contribution >= 4 is 40.2 Å². The monoisotopic (exact) mass is 521 g/mol. The summed E-state index contributed by atoms with van der Waals surface area (Å²) < 4.78 is 48.8. The number of anilines is 2. The fourth-order valence-corrected chi connectivity index (χ4v) is 3.54. The highest BCUT2D eigenvalue weighted by atomic mass is 35.5. The Bertz CT molecular complexity index is 1400. The Hall–Kier alpha value is -4.19. The zero-order chi connectivity index (χ0) is 25.9. The summed E-state index contributed by atoms with van der Waals surface area (Å²) in [5.74, 6) is 0.393. The molecular formula is C23H19ClF3N5O4. The van der Waals surface area contributed by atoms with Gasteiger partial charge in [-0.25, -0.2) is 14.8 Å². The fourth-order valence-electron chi connectivity index (χ4n) is 3.32. The van der Waals surface area contributed by atoms with Crippen molar-refractivity contribution in [2.45, 2.75) is 12.9 Å². The maximum atomic E-state index is 12.5. The quantitative estimate of drug-likeness (QED) is 0.287. The Morgan fingerprint density at radius 3 is 2.67 bits per heavy atom. The van der Waals surface area contributed by atoms with E-state index in [1.54, 1.807) is 30.5 Å². The minimum absolute atomic E-state index is 0.112. The van der Waals surface area contributed by atoms with E-state index in [1.165, 1.54) is 30.4 Å². The number of alkyl halides is 3. The van der Waals surface area contributed by atoms with Gasteiger partial charge in [-0.3, -0.25) is 0 Å². The largest absolute Gasteiger partial charge is 0.573 e. The van der Waals surface area contributed by atoms with Crippen LogP contribution in [0.25, 0.3) is 11.0 Å². The van der Waals surface area contributed by atoms with Gasteiger partial charge < -0.3 is 29.4 Å². The number of ether oxygens (including phenoxy) is 2. The molecule has 0 aliphatic carbocycles. The van der Waals surface area contributed by atoms with Crippen LogP contribution in [0.2, 0.25) is 5.02 Å². The van der Waals surface area contributed by atoms with E-state index in [-0.39, 0.29) is 23.1 Å². The number of hydrogen-bond donors (Lipinski definition) is 2. The SMILES string of the molecule is CN(CCn1ccc2ncnc(Nc3ccc(Oc4cccc(OC(F)(F)F)c4)c(Cl)c3)c21)C(=O)O. The van der Waals surface area contributed by atoms with Crippen molar-refractivity contribution in [2.75, 3.05) is 18.9 Å². The molecule has 4 rings (SSSR count). The second-order valence-corrected chi connectivity index (χ2v) is 7.97. The second-order valence-electron chi connectivity index (χ2n) is 7.56. The maximum Gasteiger partial charge on any atom is 0.573 e. The summed E-state index contributed by atoms with van der Waals surface area (Å²) >= 11 is 6.36. The number of likely N-dealkylation sites (N-methyl/N-ethyl adjacent to an activating group) is 1. The van der Waals surface area contributed by atoms with Gasteiger partial charge in [0.05, 0.1) is 10.5 Å². The van der Waals surface area contributed by atoms with E-state index in [0.29, 0.717) is 29.1 Å². The lowest BCUT2D eigenvalue weighted by atomic mass is 10.2. The fraction of sp³-hybridized carbons (Fsp3) is 0.174. The molecule has 2 heterocycles. The first-order valence-corrected chi connectivity index (χ1v) is 10.8. The van der Waals surface area contributed by atoms with Crippen molar-refractivity contribution < 1.29 is 32.5 Å². The summed E-state index contributed by atoms with van der Waals surface area (Å²) in [6, 6.07) is 11.7. The van der Waals surface area contributed by atoms with E-state index in [9.17, 15) is 18.0 Å². The van der Waals surface area contributed by atoms with Gasteiger partial charge in [0.1, 0.15) is 29.1 Å². The number of nitrogens with one attached hydrogen (secondary N) is 1.